The van der Waals surface area contributed by atoms with E-state index in [9.17, 15) is 14.7 Å². The third kappa shape index (κ3) is 5.17. The van der Waals surface area contributed by atoms with Crippen LogP contribution in [0.15, 0.2) is 66.9 Å². The van der Waals surface area contributed by atoms with Gasteiger partial charge in [-0.15, -0.1) is 0 Å². The number of carbonyl (C=O) groups is 2. The second-order valence-electron chi connectivity index (χ2n) is 9.05. The first-order valence-corrected chi connectivity index (χ1v) is 11.7. The Hall–Kier alpha value is -3.95. The van der Waals surface area contributed by atoms with Gasteiger partial charge in [-0.05, 0) is 48.7 Å². The lowest BCUT2D eigenvalue weighted by atomic mass is 9.93. The molecule has 0 bridgehead atoms. The van der Waals surface area contributed by atoms with E-state index in [4.69, 9.17) is 14.2 Å². The molecular weight excluding hydrogens is 462 g/mol. The Morgan fingerprint density at radius 2 is 1.97 bits per heavy atom. The minimum atomic E-state index is -0.897. The molecule has 1 saturated heterocycles. The number of aromatic nitrogens is 1. The van der Waals surface area contributed by atoms with Crippen molar-refractivity contribution in [1.82, 2.24) is 10.3 Å². The van der Waals surface area contributed by atoms with Gasteiger partial charge >= 0.3 is 0 Å². The fraction of sp³-hybridized carbons (Fsp3) is 0.296. The Kier molecular flexibility index (Phi) is 6.58. The zero-order chi connectivity index (χ0) is 25.1. The van der Waals surface area contributed by atoms with Gasteiger partial charge in [0.25, 0.3) is 11.8 Å². The maximum absolute atomic E-state index is 13.1. The third-order valence-electron chi connectivity index (χ3n) is 6.29. The van der Waals surface area contributed by atoms with Crippen molar-refractivity contribution in [2.45, 2.75) is 24.5 Å². The maximum Gasteiger partial charge on any atom is 0.270 e. The third-order valence-corrected chi connectivity index (χ3v) is 6.29. The first-order valence-electron chi connectivity index (χ1n) is 11.7. The number of amides is 2. The number of fused-ring (bicyclic) bond motifs is 1. The highest BCUT2D eigenvalue weighted by Gasteiger charge is 2.36. The topological polar surface area (TPSA) is 110 Å². The molecule has 36 heavy (non-hydrogen) atoms. The van der Waals surface area contributed by atoms with Crippen molar-refractivity contribution < 1.29 is 28.9 Å². The van der Waals surface area contributed by atoms with Crippen molar-refractivity contribution in [1.29, 1.82) is 0 Å². The average molecular weight is 490 g/mol. The summed E-state index contributed by atoms with van der Waals surface area (Å²) >= 11 is 0. The lowest BCUT2D eigenvalue weighted by Gasteiger charge is -2.36. The molecule has 2 aliphatic heterocycles. The Balaban J connectivity index is 1.25. The van der Waals surface area contributed by atoms with E-state index in [1.165, 1.54) is 17.2 Å². The van der Waals surface area contributed by atoms with Gasteiger partial charge in [-0.1, -0.05) is 24.3 Å². The highest BCUT2D eigenvalue weighted by atomic mass is 16.5. The molecule has 0 spiro atoms. The smallest absolute Gasteiger partial charge is 0.270 e. The molecular formula is C27H27N3O6. The van der Waals surface area contributed by atoms with E-state index in [1.54, 1.807) is 13.1 Å². The van der Waals surface area contributed by atoms with Gasteiger partial charge in [0.15, 0.2) is 0 Å². The van der Waals surface area contributed by atoms with Crippen LogP contribution in [-0.2, 0) is 16.0 Å². The molecule has 1 fully saturated rings. The molecule has 9 heteroatoms. The van der Waals surface area contributed by atoms with Gasteiger partial charge in [0.2, 0.25) is 0 Å². The Morgan fingerprint density at radius 3 is 2.72 bits per heavy atom. The molecule has 1 unspecified atom stereocenters. The summed E-state index contributed by atoms with van der Waals surface area (Å²) in [4.78, 5) is 31.7. The predicted octanol–water partition coefficient (Wildman–Crippen LogP) is 2.72. The lowest BCUT2D eigenvalue weighted by molar-refractivity contribution is -0.180. The number of nitrogens with zero attached hydrogens (tertiary/aromatic N) is 2. The molecule has 186 valence electrons. The number of rotatable bonds is 7. The summed E-state index contributed by atoms with van der Waals surface area (Å²) in [6.07, 6.45) is 2.72. The van der Waals surface area contributed by atoms with Crippen molar-refractivity contribution in [3.05, 3.63) is 78.1 Å². The van der Waals surface area contributed by atoms with E-state index in [-0.39, 0.29) is 18.2 Å². The highest BCUT2D eigenvalue weighted by molar-refractivity contribution is 6.02. The van der Waals surface area contributed by atoms with Crippen LogP contribution in [0.4, 0.5) is 5.69 Å². The van der Waals surface area contributed by atoms with Crippen molar-refractivity contribution in [3.63, 3.8) is 0 Å². The molecule has 2 amide bonds. The van der Waals surface area contributed by atoms with Crippen LogP contribution in [0.3, 0.4) is 0 Å². The molecule has 3 aromatic rings. The minimum Gasteiger partial charge on any atom is -0.489 e. The van der Waals surface area contributed by atoms with E-state index in [0.717, 1.165) is 5.56 Å². The molecule has 5 rings (SSSR count). The van der Waals surface area contributed by atoms with Crippen LogP contribution < -0.4 is 19.7 Å². The van der Waals surface area contributed by atoms with Crippen molar-refractivity contribution in [2.24, 2.45) is 0 Å². The van der Waals surface area contributed by atoms with E-state index in [0.29, 0.717) is 49.0 Å². The largest absolute Gasteiger partial charge is 0.489 e. The Morgan fingerprint density at radius 1 is 1.17 bits per heavy atom. The average Bonchev–Trinajstić information content (AvgIpc) is 2.99. The summed E-state index contributed by atoms with van der Waals surface area (Å²) < 4.78 is 16.8. The summed E-state index contributed by atoms with van der Waals surface area (Å²) in [5, 5.41) is 13.0. The number of hydrogen-bond acceptors (Lipinski definition) is 7. The lowest BCUT2D eigenvalue weighted by Crippen LogP contribution is -2.49. The number of para-hydroxylation sites is 1. The molecule has 2 N–H and O–H groups in total. The van der Waals surface area contributed by atoms with Crippen molar-refractivity contribution in [2.75, 3.05) is 31.8 Å². The first kappa shape index (κ1) is 23.8. The molecule has 2 aromatic carbocycles. The van der Waals surface area contributed by atoms with Gasteiger partial charge in [-0.3, -0.25) is 14.6 Å². The monoisotopic (exact) mass is 489 g/mol. The fourth-order valence-corrected chi connectivity index (χ4v) is 4.12. The SMILES string of the molecule is CN1C(=O)C(NC(=O)c2cc(Oc3ccccc3)ccn2)COc2cc(CCC3(O)COC3)ccc21. The summed E-state index contributed by atoms with van der Waals surface area (Å²) in [6.45, 7) is 0.676. The van der Waals surface area contributed by atoms with Crippen molar-refractivity contribution in [3.8, 4) is 17.2 Å². The van der Waals surface area contributed by atoms with E-state index < -0.39 is 17.6 Å². The number of nitrogens with one attached hydrogen (secondary N) is 1. The van der Waals surface area contributed by atoms with Crippen LogP contribution in [0.1, 0.15) is 22.5 Å². The molecule has 1 aromatic heterocycles. The van der Waals surface area contributed by atoms with Crippen LogP contribution in [0.5, 0.6) is 17.2 Å². The van der Waals surface area contributed by atoms with Gasteiger partial charge in [0.05, 0.1) is 18.9 Å². The van der Waals surface area contributed by atoms with Gasteiger partial charge in [-0.2, -0.15) is 0 Å². The second kappa shape index (κ2) is 9.96. The number of carbonyl (C=O) groups excluding carboxylic acids is 2. The van der Waals surface area contributed by atoms with Crippen LogP contribution in [-0.4, -0.2) is 60.4 Å². The molecule has 9 nitrogen and oxygen atoms in total. The van der Waals surface area contributed by atoms with Crippen LogP contribution in [0, 0.1) is 0 Å². The Bertz CT molecular complexity index is 1260. The quantitative estimate of drug-likeness (QED) is 0.525. The zero-order valence-electron chi connectivity index (χ0n) is 19.8. The number of aliphatic hydroxyl groups is 1. The molecule has 3 heterocycles. The van der Waals surface area contributed by atoms with Crippen LogP contribution in [0.25, 0.3) is 0 Å². The first-order chi connectivity index (χ1) is 17.4. The number of anilines is 1. The van der Waals surface area contributed by atoms with Gasteiger partial charge in [0.1, 0.15) is 41.2 Å². The van der Waals surface area contributed by atoms with Gasteiger partial charge in [-0.25, -0.2) is 0 Å². The fourth-order valence-electron chi connectivity index (χ4n) is 4.12. The number of likely N-dealkylation sites (N-methyl/N-ethyl adjacent to an activating group) is 1. The van der Waals surface area contributed by atoms with E-state index >= 15 is 0 Å². The van der Waals surface area contributed by atoms with Gasteiger partial charge in [0, 0.05) is 19.3 Å². The van der Waals surface area contributed by atoms with Gasteiger partial charge < -0.3 is 29.5 Å². The summed E-state index contributed by atoms with van der Waals surface area (Å²) in [7, 11) is 1.65. The normalized spacial score (nSPS) is 18.3. The number of ether oxygens (including phenoxy) is 3. The summed E-state index contributed by atoms with van der Waals surface area (Å²) in [6, 6.07) is 17.1. The molecule has 2 aliphatic rings. The second-order valence-corrected chi connectivity index (χ2v) is 9.05. The minimum absolute atomic E-state index is 0.0245. The zero-order valence-corrected chi connectivity index (χ0v) is 19.8. The molecule has 0 aliphatic carbocycles. The van der Waals surface area contributed by atoms with E-state index in [2.05, 4.69) is 10.3 Å². The standard InChI is InChI=1S/C27H27N3O6/c1-30-23-8-7-18(9-11-27(33)16-34-17-27)13-24(23)35-15-22(26(30)32)29-25(31)21-14-20(10-12-28-21)36-19-5-3-2-4-6-19/h2-8,10,12-14,22,33H,9,11,15-17H2,1H3,(H,29,31). The van der Waals surface area contributed by atoms with Crippen molar-refractivity contribution >= 4 is 17.5 Å². The number of benzene rings is 2. The van der Waals surface area contributed by atoms with Crippen LogP contribution in [0.2, 0.25) is 0 Å². The number of hydrogen-bond donors (Lipinski definition) is 2. The molecule has 1 atom stereocenters. The Labute approximate surface area is 208 Å². The highest BCUT2D eigenvalue weighted by Crippen LogP contribution is 2.33. The maximum atomic E-state index is 13.1. The number of pyridine rings is 1. The molecule has 0 saturated carbocycles. The predicted molar refractivity (Wildman–Crippen MR) is 131 cm³/mol. The van der Waals surface area contributed by atoms with Crippen LogP contribution >= 0.6 is 0 Å². The summed E-state index contributed by atoms with van der Waals surface area (Å²) in [5.74, 6) is 0.837. The molecule has 0 radical (unpaired) electrons. The van der Waals surface area contributed by atoms with E-state index in [1.807, 2.05) is 48.5 Å². The summed E-state index contributed by atoms with van der Waals surface area (Å²) in [5.41, 5.74) is 0.952. The number of aryl methyl sites for hydroxylation is 1.